The van der Waals surface area contributed by atoms with Crippen molar-refractivity contribution >= 4 is 28.4 Å². The van der Waals surface area contributed by atoms with Crippen LogP contribution in [0.1, 0.15) is 11.6 Å². The fraction of sp³-hybridized carbons (Fsp3) is 0.0526. The number of anilines is 1. The number of carbonyl (C=O) groups is 2. The van der Waals surface area contributed by atoms with Gasteiger partial charge in [0.25, 0.3) is 5.91 Å². The fourth-order valence-corrected chi connectivity index (χ4v) is 2.59. The molecular weight excluding hydrogens is 302 g/mol. The second kappa shape index (κ2) is 6.83. The third-order valence-corrected chi connectivity index (χ3v) is 3.70. The van der Waals surface area contributed by atoms with Crippen molar-refractivity contribution in [3.05, 3.63) is 78.4 Å². The quantitative estimate of drug-likeness (QED) is 0.690. The van der Waals surface area contributed by atoms with Gasteiger partial charge in [0.1, 0.15) is 6.04 Å². The van der Waals surface area contributed by atoms with Crippen molar-refractivity contribution in [2.75, 3.05) is 5.32 Å². The summed E-state index contributed by atoms with van der Waals surface area (Å²) >= 11 is 0. The Balaban J connectivity index is 1.92. The van der Waals surface area contributed by atoms with Crippen molar-refractivity contribution in [3.8, 4) is 0 Å². The van der Waals surface area contributed by atoms with Gasteiger partial charge in [-0.25, -0.2) is 4.79 Å². The molecule has 1 atom stereocenters. The molecule has 3 aromatic carbocycles. The number of rotatable bonds is 4. The minimum atomic E-state index is -0.874. The van der Waals surface area contributed by atoms with E-state index in [0.29, 0.717) is 0 Å². The maximum atomic E-state index is 12.3. The van der Waals surface area contributed by atoms with Crippen molar-refractivity contribution in [3.63, 3.8) is 0 Å². The highest BCUT2D eigenvalue weighted by atomic mass is 16.2. The summed E-state index contributed by atoms with van der Waals surface area (Å²) in [5.74, 6) is -0.498. The molecule has 0 aliphatic heterocycles. The highest BCUT2D eigenvalue weighted by Gasteiger charge is 2.21. The molecule has 0 spiro atoms. The number of primary amides is 1. The molecule has 0 unspecified atom stereocenters. The fourth-order valence-electron chi connectivity index (χ4n) is 2.59. The highest BCUT2D eigenvalue weighted by molar-refractivity contribution is 5.98. The van der Waals surface area contributed by atoms with Crippen LogP contribution < -0.4 is 16.4 Å². The predicted molar refractivity (Wildman–Crippen MR) is 94.5 cm³/mol. The maximum Gasteiger partial charge on any atom is 0.318 e. The molecule has 3 aromatic rings. The smallest absolute Gasteiger partial charge is 0.318 e. The Morgan fingerprint density at radius 3 is 2.21 bits per heavy atom. The third kappa shape index (κ3) is 3.52. The molecule has 0 aliphatic carbocycles. The lowest BCUT2D eigenvalue weighted by Gasteiger charge is -2.19. The number of hydrogen-bond donors (Lipinski definition) is 3. The van der Waals surface area contributed by atoms with Gasteiger partial charge in [0, 0.05) is 5.69 Å². The molecule has 0 bridgehead atoms. The van der Waals surface area contributed by atoms with Crippen LogP contribution in [-0.4, -0.2) is 11.9 Å². The topological polar surface area (TPSA) is 84.2 Å². The molecule has 120 valence electrons. The molecule has 5 heteroatoms. The summed E-state index contributed by atoms with van der Waals surface area (Å²) in [7, 11) is 0. The Morgan fingerprint density at radius 2 is 1.50 bits per heavy atom. The molecule has 3 amide bonds. The standard InChI is InChI=1S/C19H17N3O2/c20-19(24)22-18(23)17(14-7-2-1-3-8-14)21-16-11-10-13-6-4-5-9-15(13)12-16/h1-12,17,21H,(H3,20,22,23,24)/t17-/m1/s1. The van der Waals surface area contributed by atoms with Crippen LogP contribution >= 0.6 is 0 Å². The van der Waals surface area contributed by atoms with E-state index < -0.39 is 18.0 Å². The summed E-state index contributed by atoms with van der Waals surface area (Å²) in [6.45, 7) is 0. The van der Waals surface area contributed by atoms with Crippen molar-refractivity contribution in [2.24, 2.45) is 5.73 Å². The molecular formula is C19H17N3O2. The summed E-state index contributed by atoms with van der Waals surface area (Å²) in [6.07, 6.45) is 0. The van der Waals surface area contributed by atoms with Gasteiger partial charge in [-0.3, -0.25) is 10.1 Å². The minimum Gasteiger partial charge on any atom is -0.370 e. The van der Waals surface area contributed by atoms with E-state index in [2.05, 4.69) is 10.6 Å². The first-order valence-corrected chi connectivity index (χ1v) is 7.54. The van der Waals surface area contributed by atoms with E-state index in [1.165, 1.54) is 0 Å². The number of hydrogen-bond acceptors (Lipinski definition) is 3. The van der Waals surface area contributed by atoms with Crippen LogP contribution in [0.25, 0.3) is 10.8 Å². The van der Waals surface area contributed by atoms with E-state index in [1.807, 2.05) is 72.8 Å². The van der Waals surface area contributed by atoms with Crippen LogP contribution in [-0.2, 0) is 4.79 Å². The van der Waals surface area contributed by atoms with Gasteiger partial charge in [-0.15, -0.1) is 0 Å². The van der Waals surface area contributed by atoms with Crippen LogP contribution in [0.4, 0.5) is 10.5 Å². The molecule has 0 aliphatic rings. The third-order valence-electron chi connectivity index (χ3n) is 3.70. The summed E-state index contributed by atoms with van der Waals surface area (Å²) < 4.78 is 0. The van der Waals surface area contributed by atoms with Crippen LogP contribution in [0.2, 0.25) is 0 Å². The number of amides is 3. The number of imide groups is 1. The van der Waals surface area contributed by atoms with Gasteiger partial charge in [0.05, 0.1) is 0 Å². The molecule has 0 heterocycles. The lowest BCUT2D eigenvalue weighted by molar-refractivity contribution is -0.120. The first-order valence-electron chi connectivity index (χ1n) is 7.54. The van der Waals surface area contributed by atoms with Crippen LogP contribution in [0, 0.1) is 0 Å². The number of fused-ring (bicyclic) bond motifs is 1. The van der Waals surface area contributed by atoms with Crippen molar-refractivity contribution in [2.45, 2.75) is 6.04 Å². The second-order valence-electron chi connectivity index (χ2n) is 5.40. The maximum absolute atomic E-state index is 12.3. The molecule has 3 rings (SSSR count). The van der Waals surface area contributed by atoms with E-state index in [4.69, 9.17) is 5.73 Å². The van der Waals surface area contributed by atoms with Gasteiger partial charge >= 0.3 is 6.03 Å². The van der Waals surface area contributed by atoms with Crippen LogP contribution in [0.3, 0.4) is 0 Å². The normalized spacial score (nSPS) is 11.7. The van der Waals surface area contributed by atoms with Crippen molar-refractivity contribution in [1.82, 2.24) is 5.32 Å². The molecule has 4 N–H and O–H groups in total. The zero-order valence-corrected chi connectivity index (χ0v) is 12.9. The van der Waals surface area contributed by atoms with E-state index in [9.17, 15) is 9.59 Å². The number of urea groups is 1. The summed E-state index contributed by atoms with van der Waals surface area (Å²) in [4.78, 5) is 23.4. The Labute approximate surface area is 139 Å². The van der Waals surface area contributed by atoms with E-state index in [-0.39, 0.29) is 0 Å². The number of benzene rings is 3. The van der Waals surface area contributed by atoms with Gasteiger partial charge in [0.15, 0.2) is 0 Å². The zero-order valence-electron chi connectivity index (χ0n) is 12.9. The minimum absolute atomic E-state index is 0.498. The first kappa shape index (κ1) is 15.6. The molecule has 0 radical (unpaired) electrons. The average Bonchev–Trinajstić information content (AvgIpc) is 2.59. The molecule has 0 aromatic heterocycles. The van der Waals surface area contributed by atoms with Gasteiger partial charge in [0.2, 0.25) is 0 Å². The number of nitrogens with two attached hydrogens (primary N) is 1. The molecule has 0 fully saturated rings. The average molecular weight is 319 g/mol. The van der Waals surface area contributed by atoms with E-state index >= 15 is 0 Å². The highest BCUT2D eigenvalue weighted by Crippen LogP contribution is 2.24. The first-order chi connectivity index (χ1) is 11.6. The van der Waals surface area contributed by atoms with Crippen molar-refractivity contribution in [1.29, 1.82) is 0 Å². The second-order valence-corrected chi connectivity index (χ2v) is 5.40. The van der Waals surface area contributed by atoms with Gasteiger partial charge in [-0.2, -0.15) is 0 Å². The molecule has 0 saturated carbocycles. The van der Waals surface area contributed by atoms with E-state index in [1.54, 1.807) is 0 Å². The lowest BCUT2D eigenvalue weighted by atomic mass is 10.0. The number of nitrogens with one attached hydrogen (secondary N) is 2. The van der Waals surface area contributed by atoms with Gasteiger partial charge in [-0.05, 0) is 28.5 Å². The number of carbonyl (C=O) groups excluding carboxylic acids is 2. The van der Waals surface area contributed by atoms with Gasteiger partial charge < -0.3 is 11.1 Å². The SMILES string of the molecule is NC(=O)NC(=O)[C@H](Nc1ccc2ccccc2c1)c1ccccc1. The molecule has 24 heavy (non-hydrogen) atoms. The Morgan fingerprint density at radius 1 is 0.833 bits per heavy atom. The zero-order chi connectivity index (χ0) is 16.9. The monoisotopic (exact) mass is 319 g/mol. The van der Waals surface area contributed by atoms with Crippen molar-refractivity contribution < 1.29 is 9.59 Å². The molecule has 0 saturated heterocycles. The van der Waals surface area contributed by atoms with Gasteiger partial charge in [-0.1, -0.05) is 60.7 Å². The lowest BCUT2D eigenvalue weighted by Crippen LogP contribution is -2.40. The largest absolute Gasteiger partial charge is 0.370 e. The summed E-state index contributed by atoms with van der Waals surface area (Å²) in [5, 5.41) is 7.48. The Kier molecular flexibility index (Phi) is 4.43. The van der Waals surface area contributed by atoms with Crippen LogP contribution in [0.5, 0.6) is 0 Å². The van der Waals surface area contributed by atoms with E-state index in [0.717, 1.165) is 22.0 Å². The molecule has 5 nitrogen and oxygen atoms in total. The predicted octanol–water partition coefficient (Wildman–Crippen LogP) is 3.19. The van der Waals surface area contributed by atoms with Crippen LogP contribution in [0.15, 0.2) is 72.8 Å². The Bertz CT molecular complexity index is 878. The Hall–Kier alpha value is -3.34. The summed E-state index contributed by atoms with van der Waals surface area (Å²) in [5.41, 5.74) is 6.60. The summed E-state index contributed by atoms with van der Waals surface area (Å²) in [6, 6.07) is 21.4.